The molecule has 2 heterocycles. The number of aliphatic hydroxyl groups excluding tert-OH is 1. The van der Waals surface area contributed by atoms with Gasteiger partial charge in [0.1, 0.15) is 18.1 Å². The maximum atomic E-state index is 13.0. The molecule has 2 aliphatic rings. The van der Waals surface area contributed by atoms with Crippen LogP contribution in [0.25, 0.3) is 5.76 Å². The van der Waals surface area contributed by atoms with Crippen LogP contribution in [0, 0.1) is 0 Å². The van der Waals surface area contributed by atoms with E-state index >= 15 is 0 Å². The number of carbonyl (C=O) groups excluding carboxylic acids is 1. The van der Waals surface area contributed by atoms with E-state index in [9.17, 15) is 9.90 Å². The molecule has 1 N–H and O–H groups in total. The molecule has 0 spiro atoms. The number of rotatable bonds is 6. The lowest BCUT2D eigenvalue weighted by molar-refractivity contribution is 0.0659. The smallest absolute Gasteiger partial charge is 0.258 e. The monoisotopic (exact) mass is 365 g/mol. The maximum absolute atomic E-state index is 13.0. The molecule has 0 saturated carbocycles. The van der Waals surface area contributed by atoms with Gasteiger partial charge in [-0.15, -0.1) is 0 Å². The first kappa shape index (κ1) is 17.6. The molecule has 5 heteroatoms. The summed E-state index contributed by atoms with van der Waals surface area (Å²) in [5, 5.41) is 9.44. The molecular formula is C22H23NO4. The lowest BCUT2D eigenvalue weighted by Crippen LogP contribution is -2.24. The molecular weight excluding hydrogens is 342 g/mol. The minimum Gasteiger partial charge on any atom is -0.508 e. The fraction of sp³-hybridized carbons (Fsp3) is 0.318. The maximum Gasteiger partial charge on any atom is 0.258 e. The number of ether oxygens (including phenoxy) is 2. The third-order valence-electron chi connectivity index (χ3n) is 5.08. The highest BCUT2D eigenvalue weighted by Crippen LogP contribution is 2.32. The summed E-state index contributed by atoms with van der Waals surface area (Å²) in [6, 6.07) is 13.2. The number of fused-ring (bicyclic) bond motifs is 1. The Morgan fingerprint density at radius 1 is 1.26 bits per heavy atom. The van der Waals surface area contributed by atoms with Gasteiger partial charge in [-0.3, -0.25) is 4.79 Å². The molecule has 1 saturated heterocycles. The minimum atomic E-state index is -0.0106. The van der Waals surface area contributed by atoms with Crippen LogP contribution in [0.15, 0.2) is 49.0 Å². The van der Waals surface area contributed by atoms with Gasteiger partial charge in [0.15, 0.2) is 0 Å². The van der Waals surface area contributed by atoms with Gasteiger partial charge >= 0.3 is 0 Å². The Bertz CT molecular complexity index is 853. The molecule has 27 heavy (non-hydrogen) atoms. The highest BCUT2D eigenvalue weighted by atomic mass is 16.5. The SMILES string of the molecule is C=C(O)c1ccc(CN2Cc3cccc(OCC4CCCO4)c3C2=O)cc1. The number of hydrogen-bond acceptors (Lipinski definition) is 4. The fourth-order valence-electron chi connectivity index (χ4n) is 3.62. The Balaban J connectivity index is 1.46. The number of benzene rings is 2. The van der Waals surface area contributed by atoms with Crippen LogP contribution in [-0.2, 0) is 17.8 Å². The van der Waals surface area contributed by atoms with Crippen LogP contribution in [0.3, 0.4) is 0 Å². The zero-order chi connectivity index (χ0) is 18.8. The van der Waals surface area contributed by atoms with Crippen LogP contribution in [0.5, 0.6) is 5.75 Å². The van der Waals surface area contributed by atoms with Crippen molar-refractivity contribution in [2.45, 2.75) is 32.0 Å². The van der Waals surface area contributed by atoms with Crippen molar-refractivity contribution in [3.05, 3.63) is 71.3 Å². The van der Waals surface area contributed by atoms with E-state index in [0.717, 1.165) is 30.6 Å². The first-order valence-corrected chi connectivity index (χ1v) is 9.24. The summed E-state index contributed by atoms with van der Waals surface area (Å²) in [5.41, 5.74) is 3.34. The molecule has 1 amide bonds. The van der Waals surface area contributed by atoms with Crippen LogP contribution in [0.2, 0.25) is 0 Å². The van der Waals surface area contributed by atoms with E-state index in [-0.39, 0.29) is 17.8 Å². The Kier molecular flexibility index (Phi) is 4.86. The summed E-state index contributed by atoms with van der Waals surface area (Å²) in [6.07, 6.45) is 2.19. The van der Waals surface area contributed by atoms with Gasteiger partial charge in [-0.05, 0) is 30.0 Å². The molecule has 140 valence electrons. The number of aliphatic hydroxyl groups is 1. The second-order valence-corrected chi connectivity index (χ2v) is 7.04. The molecule has 1 atom stereocenters. The summed E-state index contributed by atoms with van der Waals surface area (Å²) < 4.78 is 11.5. The van der Waals surface area contributed by atoms with Crippen LogP contribution in [0.1, 0.15) is 39.9 Å². The Morgan fingerprint density at radius 2 is 2.07 bits per heavy atom. The van der Waals surface area contributed by atoms with E-state index in [4.69, 9.17) is 9.47 Å². The third kappa shape index (κ3) is 3.69. The third-order valence-corrected chi connectivity index (χ3v) is 5.08. The summed E-state index contributed by atoms with van der Waals surface area (Å²) in [4.78, 5) is 14.8. The van der Waals surface area contributed by atoms with Gasteiger partial charge in [0, 0.05) is 25.3 Å². The lowest BCUT2D eigenvalue weighted by atomic mass is 10.1. The van der Waals surface area contributed by atoms with Gasteiger partial charge in [-0.1, -0.05) is 43.0 Å². The lowest BCUT2D eigenvalue weighted by Gasteiger charge is -2.16. The standard InChI is InChI=1S/C22H23NO4/c1-15(24)17-9-7-16(8-10-17)12-23-13-18-4-2-6-20(21(18)22(23)25)27-14-19-5-3-11-26-19/h2,4,6-10,19,24H,1,3,5,11-14H2. The van der Waals surface area contributed by atoms with Gasteiger partial charge in [0.2, 0.25) is 0 Å². The van der Waals surface area contributed by atoms with Crippen molar-refractivity contribution in [2.75, 3.05) is 13.2 Å². The Hall–Kier alpha value is -2.79. The fourth-order valence-corrected chi connectivity index (χ4v) is 3.62. The van der Waals surface area contributed by atoms with Crippen molar-refractivity contribution >= 4 is 11.7 Å². The predicted molar refractivity (Wildman–Crippen MR) is 103 cm³/mol. The van der Waals surface area contributed by atoms with Crippen molar-refractivity contribution in [2.24, 2.45) is 0 Å². The molecule has 0 radical (unpaired) electrons. The molecule has 1 fully saturated rings. The van der Waals surface area contributed by atoms with Gasteiger partial charge in [-0.25, -0.2) is 0 Å². The first-order chi connectivity index (χ1) is 13.1. The average Bonchev–Trinajstić information content (AvgIpc) is 3.29. The molecule has 4 rings (SSSR count). The highest BCUT2D eigenvalue weighted by Gasteiger charge is 2.31. The average molecular weight is 365 g/mol. The summed E-state index contributed by atoms with van der Waals surface area (Å²) in [5.74, 6) is 0.672. The van der Waals surface area contributed by atoms with Crippen LogP contribution in [-0.4, -0.2) is 35.2 Å². The summed E-state index contributed by atoms with van der Waals surface area (Å²) in [6.45, 7) is 5.87. The zero-order valence-electron chi connectivity index (χ0n) is 15.2. The van der Waals surface area contributed by atoms with Gasteiger partial charge in [-0.2, -0.15) is 0 Å². The molecule has 2 aromatic carbocycles. The molecule has 0 aromatic heterocycles. The van der Waals surface area contributed by atoms with Crippen LogP contribution in [0.4, 0.5) is 0 Å². The predicted octanol–water partition coefficient (Wildman–Crippen LogP) is 3.93. The summed E-state index contributed by atoms with van der Waals surface area (Å²) >= 11 is 0. The first-order valence-electron chi connectivity index (χ1n) is 9.24. The number of carbonyl (C=O) groups is 1. The topological polar surface area (TPSA) is 59.0 Å². The van der Waals surface area contributed by atoms with Crippen molar-refractivity contribution in [3.63, 3.8) is 0 Å². The van der Waals surface area contributed by atoms with Gasteiger partial charge in [0.05, 0.1) is 11.7 Å². The van der Waals surface area contributed by atoms with E-state index in [1.54, 1.807) is 0 Å². The van der Waals surface area contributed by atoms with Crippen molar-refractivity contribution in [1.82, 2.24) is 4.90 Å². The number of amides is 1. The molecule has 0 aliphatic carbocycles. The minimum absolute atomic E-state index is 0.0106. The zero-order valence-corrected chi connectivity index (χ0v) is 15.2. The Labute approximate surface area is 158 Å². The highest BCUT2D eigenvalue weighted by molar-refractivity contribution is 6.01. The Morgan fingerprint density at radius 3 is 2.78 bits per heavy atom. The van der Waals surface area contributed by atoms with Crippen molar-refractivity contribution in [1.29, 1.82) is 0 Å². The van der Waals surface area contributed by atoms with E-state index in [1.807, 2.05) is 47.4 Å². The molecule has 5 nitrogen and oxygen atoms in total. The molecule has 2 aromatic rings. The number of nitrogens with zero attached hydrogens (tertiary/aromatic N) is 1. The van der Waals surface area contributed by atoms with E-state index < -0.39 is 0 Å². The van der Waals surface area contributed by atoms with Crippen molar-refractivity contribution < 1.29 is 19.4 Å². The quantitative estimate of drug-likeness (QED) is 0.788. The molecule has 1 unspecified atom stereocenters. The largest absolute Gasteiger partial charge is 0.508 e. The van der Waals surface area contributed by atoms with E-state index in [1.165, 1.54) is 0 Å². The van der Waals surface area contributed by atoms with E-state index in [2.05, 4.69) is 6.58 Å². The molecule has 2 aliphatic heterocycles. The van der Waals surface area contributed by atoms with Crippen molar-refractivity contribution in [3.8, 4) is 5.75 Å². The van der Waals surface area contributed by atoms with E-state index in [0.29, 0.717) is 36.6 Å². The molecule has 0 bridgehead atoms. The van der Waals surface area contributed by atoms with Crippen LogP contribution >= 0.6 is 0 Å². The normalized spacial score (nSPS) is 18.6. The second-order valence-electron chi connectivity index (χ2n) is 7.04. The summed E-state index contributed by atoms with van der Waals surface area (Å²) in [7, 11) is 0. The second kappa shape index (κ2) is 7.45. The van der Waals surface area contributed by atoms with Gasteiger partial charge < -0.3 is 19.5 Å². The van der Waals surface area contributed by atoms with Crippen LogP contribution < -0.4 is 4.74 Å². The van der Waals surface area contributed by atoms with Gasteiger partial charge in [0.25, 0.3) is 5.91 Å². The number of hydrogen-bond donors (Lipinski definition) is 1.